The van der Waals surface area contributed by atoms with Crippen molar-refractivity contribution in [3.8, 4) is 0 Å². The molecule has 0 spiro atoms. The summed E-state index contributed by atoms with van der Waals surface area (Å²) in [6.07, 6.45) is 4.48. The third-order valence-corrected chi connectivity index (χ3v) is 4.21. The monoisotopic (exact) mass is 292 g/mol. The quantitative estimate of drug-likeness (QED) is 0.729. The molecule has 1 atom stereocenters. The summed E-state index contributed by atoms with van der Waals surface area (Å²) in [6.45, 7) is 1.46. The molecule has 3 aromatic rings. The number of imidazole rings is 1. The van der Waals surface area contributed by atoms with E-state index in [1.54, 1.807) is 12.3 Å². The minimum absolute atomic E-state index is 0.00696. The van der Waals surface area contributed by atoms with Crippen LogP contribution in [0.2, 0.25) is 0 Å². The number of benzene rings is 1. The van der Waals surface area contributed by atoms with Gasteiger partial charge in [0.15, 0.2) is 0 Å². The third kappa shape index (κ3) is 2.15. The van der Waals surface area contributed by atoms with Crippen LogP contribution in [0.4, 0.5) is 0 Å². The standard InChI is InChI=1S/C17H16N4O/c22-17(15-6-3-4-9-18-15)20-10-8-13(11-20)21-12-19-14-5-1-2-7-16(14)21/h1-7,9,12-13H,8,10-11H2. The third-order valence-electron chi connectivity index (χ3n) is 4.21. The number of nitrogens with zero attached hydrogens (tertiary/aromatic N) is 4. The first-order valence-corrected chi connectivity index (χ1v) is 7.45. The van der Waals surface area contributed by atoms with Crippen LogP contribution >= 0.6 is 0 Å². The lowest BCUT2D eigenvalue weighted by Gasteiger charge is -2.17. The number of carbonyl (C=O) groups is 1. The molecule has 0 bridgehead atoms. The van der Waals surface area contributed by atoms with Gasteiger partial charge in [0.2, 0.25) is 0 Å². The van der Waals surface area contributed by atoms with Gasteiger partial charge in [0.1, 0.15) is 5.69 Å². The number of rotatable bonds is 2. The van der Waals surface area contributed by atoms with E-state index in [0.29, 0.717) is 12.2 Å². The fourth-order valence-corrected chi connectivity index (χ4v) is 3.07. The Morgan fingerprint density at radius 2 is 1.95 bits per heavy atom. The number of hydrogen-bond donors (Lipinski definition) is 0. The summed E-state index contributed by atoms with van der Waals surface area (Å²) in [5.41, 5.74) is 2.63. The number of likely N-dealkylation sites (tertiary alicyclic amines) is 1. The topological polar surface area (TPSA) is 51.0 Å². The van der Waals surface area contributed by atoms with E-state index in [9.17, 15) is 4.79 Å². The van der Waals surface area contributed by atoms with E-state index in [1.165, 1.54) is 0 Å². The Labute approximate surface area is 128 Å². The van der Waals surface area contributed by atoms with Gasteiger partial charge in [-0.15, -0.1) is 0 Å². The van der Waals surface area contributed by atoms with Crippen LogP contribution in [0.25, 0.3) is 11.0 Å². The molecule has 1 unspecified atom stereocenters. The van der Waals surface area contributed by atoms with E-state index in [-0.39, 0.29) is 11.9 Å². The number of hydrogen-bond acceptors (Lipinski definition) is 3. The maximum absolute atomic E-state index is 12.5. The first-order valence-electron chi connectivity index (χ1n) is 7.45. The molecular weight excluding hydrogens is 276 g/mol. The van der Waals surface area contributed by atoms with E-state index in [4.69, 9.17) is 0 Å². The Morgan fingerprint density at radius 1 is 1.09 bits per heavy atom. The van der Waals surface area contributed by atoms with Crippen LogP contribution < -0.4 is 0 Å². The molecule has 0 N–H and O–H groups in total. The molecule has 0 saturated carbocycles. The number of carbonyl (C=O) groups excluding carboxylic acids is 1. The van der Waals surface area contributed by atoms with Crippen molar-refractivity contribution in [2.45, 2.75) is 12.5 Å². The molecule has 1 fully saturated rings. The van der Waals surface area contributed by atoms with Crippen molar-refractivity contribution in [3.05, 3.63) is 60.7 Å². The van der Waals surface area contributed by atoms with Gasteiger partial charge in [-0.3, -0.25) is 9.78 Å². The van der Waals surface area contributed by atoms with Crippen molar-refractivity contribution in [2.24, 2.45) is 0 Å². The van der Waals surface area contributed by atoms with E-state index in [2.05, 4.69) is 20.6 Å². The molecule has 2 aromatic heterocycles. The number of pyridine rings is 1. The molecule has 1 aliphatic heterocycles. The van der Waals surface area contributed by atoms with Crippen molar-refractivity contribution >= 4 is 16.9 Å². The van der Waals surface area contributed by atoms with Crippen LogP contribution in [0.3, 0.4) is 0 Å². The van der Waals surface area contributed by atoms with Crippen molar-refractivity contribution < 1.29 is 4.79 Å². The second-order valence-electron chi connectivity index (χ2n) is 5.55. The Kier molecular flexibility index (Phi) is 3.11. The zero-order valence-corrected chi connectivity index (χ0v) is 12.1. The molecule has 0 aliphatic carbocycles. The zero-order chi connectivity index (χ0) is 14.9. The SMILES string of the molecule is O=C(c1ccccn1)N1CCC(n2cnc3ccccc32)C1. The Balaban J connectivity index is 1.56. The molecule has 110 valence electrons. The van der Waals surface area contributed by atoms with E-state index in [1.807, 2.05) is 41.6 Å². The van der Waals surface area contributed by atoms with Gasteiger partial charge in [0.05, 0.1) is 23.4 Å². The highest BCUT2D eigenvalue weighted by Crippen LogP contribution is 2.26. The molecule has 1 aromatic carbocycles. The average Bonchev–Trinajstić information content (AvgIpc) is 3.21. The highest BCUT2D eigenvalue weighted by Gasteiger charge is 2.29. The van der Waals surface area contributed by atoms with Gasteiger partial charge in [-0.2, -0.15) is 0 Å². The van der Waals surface area contributed by atoms with Crippen molar-refractivity contribution in [2.75, 3.05) is 13.1 Å². The highest BCUT2D eigenvalue weighted by atomic mass is 16.2. The molecule has 3 heterocycles. The van der Waals surface area contributed by atoms with Gasteiger partial charge in [-0.25, -0.2) is 4.98 Å². The molecule has 0 radical (unpaired) electrons. The van der Waals surface area contributed by atoms with Crippen LogP contribution in [0.1, 0.15) is 23.0 Å². The highest BCUT2D eigenvalue weighted by molar-refractivity contribution is 5.92. The molecule has 1 saturated heterocycles. The van der Waals surface area contributed by atoms with Gasteiger partial charge in [-0.05, 0) is 30.7 Å². The number of fused-ring (bicyclic) bond motifs is 1. The minimum atomic E-state index is 0.00696. The fraction of sp³-hybridized carbons (Fsp3) is 0.235. The van der Waals surface area contributed by atoms with E-state index >= 15 is 0 Å². The minimum Gasteiger partial charge on any atom is -0.335 e. The zero-order valence-electron chi connectivity index (χ0n) is 12.1. The Hall–Kier alpha value is -2.69. The molecule has 5 heteroatoms. The average molecular weight is 292 g/mol. The predicted molar refractivity (Wildman–Crippen MR) is 83.5 cm³/mol. The summed E-state index contributed by atoms with van der Waals surface area (Å²) >= 11 is 0. The van der Waals surface area contributed by atoms with Crippen molar-refractivity contribution in [3.63, 3.8) is 0 Å². The molecule has 1 amide bonds. The summed E-state index contributed by atoms with van der Waals surface area (Å²) in [4.78, 5) is 22.9. The lowest BCUT2D eigenvalue weighted by molar-refractivity contribution is 0.0782. The largest absolute Gasteiger partial charge is 0.335 e. The predicted octanol–water partition coefficient (Wildman–Crippen LogP) is 2.52. The first kappa shape index (κ1) is 13.0. The molecule has 5 nitrogen and oxygen atoms in total. The van der Waals surface area contributed by atoms with Gasteiger partial charge >= 0.3 is 0 Å². The van der Waals surface area contributed by atoms with Gasteiger partial charge < -0.3 is 9.47 Å². The lowest BCUT2D eigenvalue weighted by Crippen LogP contribution is -2.29. The summed E-state index contributed by atoms with van der Waals surface area (Å²) in [5, 5.41) is 0. The first-order chi connectivity index (χ1) is 10.8. The van der Waals surface area contributed by atoms with E-state index in [0.717, 1.165) is 24.0 Å². The van der Waals surface area contributed by atoms with Crippen molar-refractivity contribution in [1.82, 2.24) is 19.4 Å². The molecule has 4 rings (SSSR count). The number of amides is 1. The fourth-order valence-electron chi connectivity index (χ4n) is 3.07. The van der Waals surface area contributed by atoms with Gasteiger partial charge in [0, 0.05) is 19.3 Å². The normalized spacial score (nSPS) is 18.0. The van der Waals surface area contributed by atoms with Crippen LogP contribution in [0, 0.1) is 0 Å². The van der Waals surface area contributed by atoms with Crippen molar-refractivity contribution in [1.29, 1.82) is 0 Å². The summed E-state index contributed by atoms with van der Waals surface area (Å²) in [7, 11) is 0. The smallest absolute Gasteiger partial charge is 0.272 e. The summed E-state index contributed by atoms with van der Waals surface area (Å²) in [5.74, 6) is 0.00696. The Morgan fingerprint density at radius 3 is 2.82 bits per heavy atom. The number of para-hydroxylation sites is 2. The summed E-state index contributed by atoms with van der Waals surface area (Å²) < 4.78 is 2.18. The second kappa shape index (κ2) is 5.26. The van der Waals surface area contributed by atoms with Crippen LogP contribution in [0.5, 0.6) is 0 Å². The lowest BCUT2D eigenvalue weighted by atomic mass is 10.2. The maximum Gasteiger partial charge on any atom is 0.272 e. The van der Waals surface area contributed by atoms with Crippen LogP contribution in [0.15, 0.2) is 55.0 Å². The van der Waals surface area contributed by atoms with Gasteiger partial charge in [0.25, 0.3) is 5.91 Å². The maximum atomic E-state index is 12.5. The summed E-state index contributed by atoms with van der Waals surface area (Å²) in [6, 6.07) is 13.8. The van der Waals surface area contributed by atoms with Crippen LogP contribution in [-0.4, -0.2) is 38.4 Å². The number of aromatic nitrogens is 3. The Bertz CT molecular complexity index is 812. The molecular formula is C17H16N4O. The molecule has 1 aliphatic rings. The van der Waals surface area contributed by atoms with Gasteiger partial charge in [-0.1, -0.05) is 18.2 Å². The molecule has 22 heavy (non-hydrogen) atoms. The second-order valence-corrected chi connectivity index (χ2v) is 5.55. The van der Waals surface area contributed by atoms with E-state index < -0.39 is 0 Å². The van der Waals surface area contributed by atoms with Crippen LogP contribution in [-0.2, 0) is 0 Å².